The van der Waals surface area contributed by atoms with Crippen LogP contribution in [0.1, 0.15) is 311 Å². The molecule has 0 saturated heterocycles. The molecule has 0 amide bonds. The van der Waals surface area contributed by atoms with Crippen molar-refractivity contribution < 1.29 is 80.2 Å². The van der Waals surface area contributed by atoms with Gasteiger partial charge in [-0.05, 0) is 31.6 Å². The maximum absolute atomic E-state index is 12.9. The highest BCUT2D eigenvalue weighted by Crippen LogP contribution is 2.45. The zero-order valence-electron chi connectivity index (χ0n) is 51.9. The first kappa shape index (κ1) is 79.1. The molecule has 0 aliphatic rings. The molecule has 480 valence electrons. The lowest BCUT2D eigenvalue weighted by atomic mass is 10.0. The van der Waals surface area contributed by atoms with Crippen molar-refractivity contribution in [2.45, 2.75) is 329 Å². The van der Waals surface area contributed by atoms with Gasteiger partial charge in [0.2, 0.25) is 0 Å². The van der Waals surface area contributed by atoms with Crippen LogP contribution in [0.4, 0.5) is 0 Å². The van der Waals surface area contributed by atoms with Crippen molar-refractivity contribution in [1.82, 2.24) is 0 Å². The van der Waals surface area contributed by atoms with Crippen LogP contribution in [0, 0.1) is 5.92 Å². The Morgan fingerprint density at radius 2 is 0.568 bits per heavy atom. The van der Waals surface area contributed by atoms with Crippen molar-refractivity contribution in [2.75, 3.05) is 39.6 Å². The van der Waals surface area contributed by atoms with Gasteiger partial charge in [-0.2, -0.15) is 0 Å². The molecule has 0 bridgehead atoms. The van der Waals surface area contributed by atoms with E-state index in [0.29, 0.717) is 31.6 Å². The number of esters is 4. The molecule has 0 aliphatic heterocycles. The summed E-state index contributed by atoms with van der Waals surface area (Å²) in [5.74, 6) is -1.47. The molecule has 19 heteroatoms. The third kappa shape index (κ3) is 56.9. The second-order valence-electron chi connectivity index (χ2n) is 22.9. The molecule has 0 saturated carbocycles. The lowest BCUT2D eigenvalue weighted by molar-refractivity contribution is -0.161. The van der Waals surface area contributed by atoms with Gasteiger partial charge in [-0.15, -0.1) is 0 Å². The van der Waals surface area contributed by atoms with E-state index >= 15 is 0 Å². The van der Waals surface area contributed by atoms with Crippen LogP contribution in [-0.2, 0) is 65.4 Å². The van der Waals surface area contributed by atoms with Crippen LogP contribution < -0.4 is 0 Å². The number of unbranched alkanes of at least 4 members (excludes halogenated alkanes) is 34. The van der Waals surface area contributed by atoms with Crippen LogP contribution in [-0.4, -0.2) is 96.7 Å². The minimum atomic E-state index is -4.94. The van der Waals surface area contributed by atoms with Gasteiger partial charge < -0.3 is 33.8 Å². The summed E-state index contributed by atoms with van der Waals surface area (Å²) < 4.78 is 67.7. The fourth-order valence-electron chi connectivity index (χ4n) is 9.23. The van der Waals surface area contributed by atoms with Crippen LogP contribution in [0.2, 0.25) is 0 Å². The lowest BCUT2D eigenvalue weighted by Crippen LogP contribution is -2.30. The molecule has 0 heterocycles. The van der Waals surface area contributed by atoms with E-state index in [1.54, 1.807) is 0 Å². The Bertz CT molecular complexity index is 1580. The third-order valence-corrected chi connectivity index (χ3v) is 16.2. The highest BCUT2D eigenvalue weighted by Gasteiger charge is 2.30. The average Bonchev–Trinajstić information content (AvgIpc) is 3.43. The monoisotopic (exact) mass is 1200 g/mol. The molecule has 0 aliphatic carbocycles. The third-order valence-electron chi connectivity index (χ3n) is 14.3. The predicted octanol–water partition coefficient (Wildman–Crippen LogP) is 17.0. The molecule has 0 aromatic heterocycles. The summed E-state index contributed by atoms with van der Waals surface area (Å²) in [6, 6.07) is 0. The molecule has 0 radical (unpaired) electrons. The number of rotatable bonds is 62. The largest absolute Gasteiger partial charge is 0.472 e. The van der Waals surface area contributed by atoms with Gasteiger partial charge in [0.05, 0.1) is 26.4 Å². The van der Waals surface area contributed by atoms with E-state index in [4.69, 9.17) is 37.0 Å². The molecule has 3 N–H and O–H groups in total. The normalized spacial score (nSPS) is 14.3. The quantitative estimate of drug-likeness (QED) is 0.0222. The van der Waals surface area contributed by atoms with Gasteiger partial charge in [-0.3, -0.25) is 37.3 Å². The van der Waals surface area contributed by atoms with Gasteiger partial charge in [0, 0.05) is 25.7 Å². The smallest absolute Gasteiger partial charge is 0.462 e. The van der Waals surface area contributed by atoms with Gasteiger partial charge in [-0.25, -0.2) is 9.13 Å². The topological polar surface area (TPSA) is 237 Å². The number of carbonyl (C=O) groups is 4. The molecule has 0 rings (SSSR count). The highest BCUT2D eigenvalue weighted by molar-refractivity contribution is 7.47. The molecule has 17 nitrogen and oxygen atoms in total. The van der Waals surface area contributed by atoms with Crippen molar-refractivity contribution in [3.8, 4) is 0 Å². The van der Waals surface area contributed by atoms with Gasteiger partial charge in [-0.1, -0.05) is 259 Å². The summed E-state index contributed by atoms with van der Waals surface area (Å²) in [6.07, 6.45) is 39.5. The van der Waals surface area contributed by atoms with Crippen LogP contribution in [0.15, 0.2) is 0 Å². The number of phosphoric acid groups is 2. The number of hydrogen-bond acceptors (Lipinski definition) is 15. The summed E-state index contributed by atoms with van der Waals surface area (Å²) in [5, 5.41) is 10.5. The van der Waals surface area contributed by atoms with E-state index < -0.39 is 97.5 Å². The second kappa shape index (κ2) is 55.9. The summed E-state index contributed by atoms with van der Waals surface area (Å²) in [5.41, 5.74) is 0. The number of hydrogen-bond donors (Lipinski definition) is 3. The zero-order chi connectivity index (χ0) is 59.9. The molecule has 0 aromatic carbocycles. The summed E-state index contributed by atoms with van der Waals surface area (Å²) >= 11 is 0. The second-order valence-corrected chi connectivity index (χ2v) is 25.8. The van der Waals surface area contributed by atoms with E-state index in [-0.39, 0.29) is 25.7 Å². The van der Waals surface area contributed by atoms with Crippen molar-refractivity contribution in [2.24, 2.45) is 5.92 Å². The van der Waals surface area contributed by atoms with Crippen molar-refractivity contribution in [3.05, 3.63) is 0 Å². The van der Waals surface area contributed by atoms with Gasteiger partial charge >= 0.3 is 39.5 Å². The predicted molar refractivity (Wildman–Crippen MR) is 322 cm³/mol. The van der Waals surface area contributed by atoms with Crippen LogP contribution in [0.5, 0.6) is 0 Å². The Balaban J connectivity index is 5.12. The van der Waals surface area contributed by atoms with Crippen molar-refractivity contribution in [3.63, 3.8) is 0 Å². The molecular weight excluding hydrogens is 1080 g/mol. The van der Waals surface area contributed by atoms with E-state index in [1.807, 2.05) is 0 Å². The molecule has 0 fully saturated rings. The Morgan fingerprint density at radius 1 is 0.333 bits per heavy atom. The first-order valence-electron chi connectivity index (χ1n) is 32.6. The van der Waals surface area contributed by atoms with Crippen LogP contribution in [0.25, 0.3) is 0 Å². The standard InChI is InChI=1S/C62H120O17P2/c1-6-9-12-15-18-19-20-21-22-23-24-25-26-27-28-31-38-43-48-62(67)79-58(52-73-60(65)46-41-36-33-32-34-39-44-55(4)5)54-77-81(70,71)75-50-56(63)49-74-80(68,69)76-53-57(78-61(66)47-42-37-30-17-14-11-8-3)51-72-59(64)45-40-35-29-16-13-10-7-2/h55-58,63H,6-54H2,1-5H3,(H,68,69)(H,70,71)/t56-,57+,58+/m0/s1. The van der Waals surface area contributed by atoms with Crippen molar-refractivity contribution >= 4 is 39.5 Å². The molecule has 81 heavy (non-hydrogen) atoms. The number of phosphoric ester groups is 2. The first-order valence-corrected chi connectivity index (χ1v) is 35.6. The highest BCUT2D eigenvalue weighted by atomic mass is 31.2. The van der Waals surface area contributed by atoms with Gasteiger partial charge in [0.25, 0.3) is 0 Å². The van der Waals surface area contributed by atoms with Crippen LogP contribution in [0.3, 0.4) is 0 Å². The van der Waals surface area contributed by atoms with E-state index in [0.717, 1.165) is 122 Å². The minimum Gasteiger partial charge on any atom is -0.462 e. The number of ether oxygens (including phenoxy) is 4. The fraction of sp³-hybridized carbons (Fsp3) is 0.935. The maximum Gasteiger partial charge on any atom is 0.472 e. The van der Waals surface area contributed by atoms with E-state index in [2.05, 4.69) is 34.6 Å². The maximum atomic E-state index is 12.9. The lowest BCUT2D eigenvalue weighted by Gasteiger charge is -2.21. The van der Waals surface area contributed by atoms with E-state index in [9.17, 15) is 43.2 Å². The molecule has 2 unspecified atom stereocenters. The molecule has 5 atom stereocenters. The molecule has 0 aromatic rings. The Kier molecular flexibility index (Phi) is 54.6. The summed E-state index contributed by atoms with van der Waals surface area (Å²) in [4.78, 5) is 71.8. The Morgan fingerprint density at radius 3 is 0.840 bits per heavy atom. The fourth-order valence-corrected chi connectivity index (χ4v) is 10.8. The summed E-state index contributed by atoms with van der Waals surface area (Å²) in [7, 11) is -9.87. The molecule has 0 spiro atoms. The number of carbonyl (C=O) groups excluding carboxylic acids is 4. The zero-order valence-corrected chi connectivity index (χ0v) is 53.7. The van der Waals surface area contributed by atoms with Gasteiger partial charge in [0.15, 0.2) is 12.2 Å². The van der Waals surface area contributed by atoms with Crippen molar-refractivity contribution in [1.29, 1.82) is 0 Å². The Hall–Kier alpha value is -1.94. The van der Waals surface area contributed by atoms with Crippen LogP contribution >= 0.6 is 15.6 Å². The summed E-state index contributed by atoms with van der Waals surface area (Å²) in [6.45, 7) is 7.01. The number of aliphatic hydroxyl groups excluding tert-OH is 1. The average molecular weight is 1200 g/mol. The first-order chi connectivity index (χ1) is 39.0. The Labute approximate surface area is 492 Å². The molecular formula is C62H120O17P2. The van der Waals surface area contributed by atoms with Gasteiger partial charge in [0.1, 0.15) is 19.3 Å². The number of aliphatic hydroxyl groups is 1. The minimum absolute atomic E-state index is 0.103. The SMILES string of the molecule is CCCCCCCCCCCCCCCCCCCCC(=O)O[C@H](COC(=O)CCCCCCCCC(C)C)COP(=O)(O)OC[C@@H](O)COP(=O)(O)OC[C@@H](COC(=O)CCCCCCCCC)OC(=O)CCCCCCCCC. The van der Waals surface area contributed by atoms with E-state index in [1.165, 1.54) is 103 Å².